The number of benzene rings is 2. The normalized spacial score (nSPS) is 18.7. The zero-order valence-corrected chi connectivity index (χ0v) is 15.7. The number of nitrogens with zero attached hydrogens (tertiary/aromatic N) is 2. The van der Waals surface area contributed by atoms with E-state index in [4.69, 9.17) is 6.42 Å². The Hall–Kier alpha value is -1.93. The van der Waals surface area contributed by atoms with Crippen LogP contribution in [0.3, 0.4) is 0 Å². The highest BCUT2D eigenvalue weighted by Gasteiger charge is 2.30. The van der Waals surface area contributed by atoms with Gasteiger partial charge in [-0.3, -0.25) is 0 Å². The van der Waals surface area contributed by atoms with Crippen molar-refractivity contribution in [3.8, 4) is 12.3 Å². The number of para-hydroxylation sites is 2. The first-order chi connectivity index (χ1) is 12.7. The molecule has 2 aliphatic heterocycles. The highest BCUT2D eigenvalue weighted by Crippen LogP contribution is 2.47. The van der Waals surface area contributed by atoms with Crippen LogP contribution in [-0.2, 0) is 0 Å². The van der Waals surface area contributed by atoms with Crippen LogP contribution in [-0.4, -0.2) is 41.8 Å². The minimum absolute atomic E-state index is 0.676. The van der Waals surface area contributed by atoms with E-state index in [2.05, 4.69) is 64.3 Å². The van der Waals surface area contributed by atoms with Crippen molar-refractivity contribution in [1.29, 1.82) is 0 Å². The van der Waals surface area contributed by atoms with Crippen molar-refractivity contribution in [3.05, 3.63) is 48.5 Å². The molecule has 2 aliphatic rings. The molecular formula is C22H24N2OS. The molecule has 0 atom stereocenters. The molecule has 0 amide bonds. The van der Waals surface area contributed by atoms with E-state index in [-0.39, 0.29) is 0 Å². The minimum atomic E-state index is -0.890. The molecule has 4 heteroatoms. The van der Waals surface area contributed by atoms with Gasteiger partial charge in [-0.25, -0.2) is 0 Å². The van der Waals surface area contributed by atoms with Gasteiger partial charge in [-0.05, 0) is 37.2 Å². The van der Waals surface area contributed by atoms with Gasteiger partial charge >= 0.3 is 0 Å². The molecular weight excluding hydrogens is 340 g/mol. The summed E-state index contributed by atoms with van der Waals surface area (Å²) in [7, 11) is 0. The third-order valence-electron chi connectivity index (χ3n) is 5.34. The fourth-order valence-electron chi connectivity index (χ4n) is 3.77. The fraction of sp³-hybridized carbons (Fsp3) is 0.364. The molecule has 26 heavy (non-hydrogen) atoms. The van der Waals surface area contributed by atoms with E-state index >= 15 is 0 Å². The average Bonchev–Trinajstić information content (AvgIpc) is 2.69. The first-order valence-corrected chi connectivity index (χ1v) is 10.1. The van der Waals surface area contributed by atoms with E-state index in [1.54, 1.807) is 0 Å². The van der Waals surface area contributed by atoms with Gasteiger partial charge in [-0.1, -0.05) is 41.9 Å². The number of rotatable bonds is 4. The van der Waals surface area contributed by atoms with Crippen LogP contribution in [0.4, 0.5) is 11.4 Å². The molecule has 0 radical (unpaired) electrons. The van der Waals surface area contributed by atoms with Crippen molar-refractivity contribution in [2.24, 2.45) is 0 Å². The average molecular weight is 365 g/mol. The van der Waals surface area contributed by atoms with Gasteiger partial charge in [0.2, 0.25) is 0 Å². The Kier molecular flexibility index (Phi) is 4.95. The zero-order chi connectivity index (χ0) is 18.0. The third-order valence-corrected chi connectivity index (χ3v) is 6.47. The van der Waals surface area contributed by atoms with E-state index < -0.39 is 5.60 Å². The summed E-state index contributed by atoms with van der Waals surface area (Å²) in [5, 5.41) is 10.2. The molecule has 2 aromatic carbocycles. The van der Waals surface area contributed by atoms with Crippen LogP contribution in [0.15, 0.2) is 58.3 Å². The zero-order valence-electron chi connectivity index (χ0n) is 14.9. The molecule has 2 aromatic rings. The van der Waals surface area contributed by atoms with Crippen LogP contribution in [0.25, 0.3) is 0 Å². The van der Waals surface area contributed by atoms with Crippen molar-refractivity contribution in [2.75, 3.05) is 31.1 Å². The molecule has 0 unspecified atom stereocenters. The second-order valence-electron chi connectivity index (χ2n) is 7.06. The smallest absolute Gasteiger partial charge is 0.127 e. The first kappa shape index (κ1) is 17.5. The number of hydrogen-bond donors (Lipinski definition) is 1. The van der Waals surface area contributed by atoms with Gasteiger partial charge in [0.05, 0.1) is 11.4 Å². The molecule has 134 valence electrons. The van der Waals surface area contributed by atoms with E-state index in [9.17, 15) is 5.11 Å². The number of aliphatic hydroxyl groups is 1. The molecule has 2 heterocycles. The molecule has 1 fully saturated rings. The number of hydrogen-bond acceptors (Lipinski definition) is 4. The number of likely N-dealkylation sites (tertiary alicyclic amines) is 1. The Morgan fingerprint density at radius 3 is 2.12 bits per heavy atom. The summed E-state index contributed by atoms with van der Waals surface area (Å²) in [4.78, 5) is 7.51. The summed E-state index contributed by atoms with van der Waals surface area (Å²) in [6.07, 6.45) is 7.88. The second kappa shape index (κ2) is 7.36. The van der Waals surface area contributed by atoms with Crippen molar-refractivity contribution in [3.63, 3.8) is 0 Å². The molecule has 1 N–H and O–H groups in total. The van der Waals surface area contributed by atoms with Crippen LogP contribution in [0.1, 0.15) is 19.3 Å². The van der Waals surface area contributed by atoms with Gasteiger partial charge in [0.25, 0.3) is 0 Å². The number of fused-ring (bicyclic) bond motifs is 2. The second-order valence-corrected chi connectivity index (χ2v) is 8.14. The highest BCUT2D eigenvalue weighted by atomic mass is 32.2. The molecule has 0 saturated carbocycles. The van der Waals surface area contributed by atoms with E-state index in [0.29, 0.717) is 12.8 Å². The Labute approximate surface area is 160 Å². The molecule has 0 aromatic heterocycles. The lowest BCUT2D eigenvalue weighted by Gasteiger charge is -2.36. The molecule has 0 spiro atoms. The summed E-state index contributed by atoms with van der Waals surface area (Å²) in [6.45, 7) is 3.78. The van der Waals surface area contributed by atoms with Crippen LogP contribution >= 0.6 is 11.8 Å². The molecule has 3 nitrogen and oxygen atoms in total. The molecule has 0 bridgehead atoms. The van der Waals surface area contributed by atoms with Gasteiger partial charge in [0.15, 0.2) is 0 Å². The Morgan fingerprint density at radius 2 is 1.54 bits per heavy atom. The van der Waals surface area contributed by atoms with Crippen molar-refractivity contribution in [1.82, 2.24) is 4.90 Å². The summed E-state index contributed by atoms with van der Waals surface area (Å²) in [6, 6.07) is 17.3. The lowest BCUT2D eigenvalue weighted by Crippen LogP contribution is -2.44. The maximum Gasteiger partial charge on any atom is 0.127 e. The van der Waals surface area contributed by atoms with Crippen LogP contribution in [0, 0.1) is 12.3 Å². The van der Waals surface area contributed by atoms with Crippen molar-refractivity contribution in [2.45, 2.75) is 34.7 Å². The number of anilines is 2. The standard InChI is InChI=1S/C22H24N2OS/c1-2-22(25)12-16-23(17-13-22)14-7-15-24-18-8-3-5-10-20(18)26-21-11-6-4-9-19(21)24/h1,3-6,8-11,25H,7,12-17H2. The maximum atomic E-state index is 10.2. The fourth-order valence-corrected chi connectivity index (χ4v) is 4.86. The predicted octanol–water partition coefficient (Wildman–Crippen LogP) is 4.14. The van der Waals surface area contributed by atoms with Gasteiger partial charge in [0.1, 0.15) is 5.60 Å². The molecule has 4 rings (SSSR count). The van der Waals surface area contributed by atoms with Crippen molar-refractivity contribution < 1.29 is 5.11 Å². The molecule has 0 aliphatic carbocycles. The number of terminal acetylenes is 1. The third kappa shape index (κ3) is 3.48. The van der Waals surface area contributed by atoms with Gasteiger partial charge in [-0.15, -0.1) is 6.42 Å². The summed E-state index contributed by atoms with van der Waals surface area (Å²) in [5.41, 5.74) is 1.71. The van der Waals surface area contributed by atoms with Gasteiger partial charge < -0.3 is 14.9 Å². The van der Waals surface area contributed by atoms with E-state index in [1.807, 2.05) is 11.8 Å². The Morgan fingerprint density at radius 1 is 0.962 bits per heavy atom. The lowest BCUT2D eigenvalue weighted by atomic mass is 9.92. The van der Waals surface area contributed by atoms with Gasteiger partial charge in [-0.2, -0.15) is 0 Å². The predicted molar refractivity (Wildman–Crippen MR) is 108 cm³/mol. The monoisotopic (exact) mass is 364 g/mol. The quantitative estimate of drug-likeness (QED) is 0.825. The van der Waals surface area contributed by atoms with E-state index in [0.717, 1.165) is 32.6 Å². The summed E-state index contributed by atoms with van der Waals surface area (Å²) < 4.78 is 0. The Bertz CT molecular complexity index is 775. The number of piperidine rings is 1. The van der Waals surface area contributed by atoms with Crippen molar-refractivity contribution >= 4 is 23.1 Å². The van der Waals surface area contributed by atoms with E-state index in [1.165, 1.54) is 21.2 Å². The topological polar surface area (TPSA) is 26.7 Å². The Balaban J connectivity index is 1.42. The minimum Gasteiger partial charge on any atom is -0.378 e. The largest absolute Gasteiger partial charge is 0.378 e. The summed E-state index contributed by atoms with van der Waals surface area (Å²) in [5.74, 6) is 2.55. The van der Waals surface area contributed by atoms with Crippen LogP contribution in [0.5, 0.6) is 0 Å². The first-order valence-electron chi connectivity index (χ1n) is 9.24. The van der Waals surface area contributed by atoms with Crippen LogP contribution in [0.2, 0.25) is 0 Å². The SMILES string of the molecule is C#CC1(O)CCN(CCCN2c3ccccc3Sc3ccccc32)CC1. The van der Waals surface area contributed by atoms with Gasteiger partial charge in [0, 0.05) is 42.3 Å². The van der Waals surface area contributed by atoms with Crippen LogP contribution < -0.4 is 4.90 Å². The summed E-state index contributed by atoms with van der Waals surface area (Å²) >= 11 is 1.85. The lowest BCUT2D eigenvalue weighted by molar-refractivity contribution is 0.0272. The molecule has 1 saturated heterocycles. The highest BCUT2D eigenvalue weighted by molar-refractivity contribution is 7.99. The maximum absolute atomic E-state index is 10.2.